The predicted molar refractivity (Wildman–Crippen MR) is 110 cm³/mol. The summed E-state index contributed by atoms with van der Waals surface area (Å²) in [6, 6.07) is 0. The number of phosphoric acid groups is 1. The summed E-state index contributed by atoms with van der Waals surface area (Å²) in [6.07, 6.45) is 14.9. The molecule has 0 aliphatic heterocycles. The molecular formula is C18H43O4P2+. The van der Waals surface area contributed by atoms with Gasteiger partial charge in [-0.05, 0) is 40.0 Å². The van der Waals surface area contributed by atoms with Crippen molar-refractivity contribution in [3.8, 4) is 0 Å². The molecule has 0 spiro atoms. The summed E-state index contributed by atoms with van der Waals surface area (Å²) in [5.41, 5.74) is 0. The van der Waals surface area contributed by atoms with Crippen molar-refractivity contribution in [1.82, 2.24) is 0 Å². The molecule has 0 unspecified atom stereocenters. The van der Waals surface area contributed by atoms with Gasteiger partial charge in [-0.15, -0.1) is 0 Å². The smallest absolute Gasteiger partial charge is 0.302 e. The molecule has 0 rings (SSSR count). The Bertz CT molecular complexity index is 280. The van der Waals surface area contributed by atoms with Gasteiger partial charge in [0.25, 0.3) is 0 Å². The molecule has 4 nitrogen and oxygen atoms in total. The molecule has 0 radical (unpaired) electrons. The lowest BCUT2D eigenvalue weighted by Crippen LogP contribution is -2.11. The minimum atomic E-state index is -3.69. The third-order valence-corrected chi connectivity index (χ3v) is 10.5. The standard InChI is InChI=1S/C14H32P.C4H11O4P/c1-5-9-12-15(8-4,13-10-6-2)14-11-7-3;1-3-7-9(5,6)8-4-2/h5-14H2,1-4H3;3-4H2,1-2H3,(H,5,6)/q+1;. The van der Waals surface area contributed by atoms with Crippen LogP contribution in [0.4, 0.5) is 0 Å². The van der Waals surface area contributed by atoms with E-state index in [1.807, 2.05) is 0 Å². The van der Waals surface area contributed by atoms with E-state index in [-0.39, 0.29) is 13.2 Å². The Hall–Kier alpha value is 0.540. The maximum absolute atomic E-state index is 10.5. The van der Waals surface area contributed by atoms with Gasteiger partial charge in [0.2, 0.25) is 0 Å². The van der Waals surface area contributed by atoms with Crippen LogP contribution in [0.15, 0.2) is 0 Å². The first-order valence-corrected chi connectivity index (χ1v) is 13.9. The molecule has 24 heavy (non-hydrogen) atoms. The predicted octanol–water partition coefficient (Wildman–Crippen LogP) is 6.58. The molecule has 0 aromatic rings. The number of hydrogen-bond acceptors (Lipinski definition) is 3. The van der Waals surface area contributed by atoms with Gasteiger partial charge >= 0.3 is 7.82 Å². The molecule has 148 valence electrons. The van der Waals surface area contributed by atoms with Gasteiger partial charge in [0.1, 0.15) is 0 Å². The van der Waals surface area contributed by atoms with E-state index in [9.17, 15) is 4.57 Å². The normalized spacial score (nSPS) is 12.0. The van der Waals surface area contributed by atoms with Gasteiger partial charge in [0.05, 0.1) is 37.9 Å². The molecule has 0 fully saturated rings. The van der Waals surface area contributed by atoms with Crippen LogP contribution in [0.2, 0.25) is 0 Å². The zero-order valence-electron chi connectivity index (χ0n) is 17.1. The second kappa shape index (κ2) is 17.0. The van der Waals surface area contributed by atoms with Gasteiger partial charge in [0, 0.05) is 7.26 Å². The topological polar surface area (TPSA) is 55.8 Å². The average molecular weight is 385 g/mol. The van der Waals surface area contributed by atoms with Crippen LogP contribution in [0, 0.1) is 0 Å². The molecular weight excluding hydrogens is 342 g/mol. The second-order valence-corrected chi connectivity index (χ2v) is 12.3. The lowest BCUT2D eigenvalue weighted by atomic mass is 10.4. The van der Waals surface area contributed by atoms with Crippen LogP contribution in [0.25, 0.3) is 0 Å². The highest BCUT2D eigenvalue weighted by Crippen LogP contribution is 2.60. The van der Waals surface area contributed by atoms with Gasteiger partial charge in [0.15, 0.2) is 0 Å². The molecule has 6 heteroatoms. The lowest BCUT2D eigenvalue weighted by Gasteiger charge is -2.26. The van der Waals surface area contributed by atoms with Gasteiger partial charge in [-0.3, -0.25) is 9.05 Å². The molecule has 0 bridgehead atoms. The summed E-state index contributed by atoms with van der Waals surface area (Å²) in [5, 5.41) is 0. The molecule has 0 atom stereocenters. The Morgan fingerprint density at radius 3 is 1.29 bits per heavy atom. The highest BCUT2D eigenvalue weighted by atomic mass is 31.2. The van der Waals surface area contributed by atoms with Gasteiger partial charge in [-0.2, -0.15) is 0 Å². The van der Waals surface area contributed by atoms with Crippen LogP contribution < -0.4 is 0 Å². The highest BCUT2D eigenvalue weighted by Gasteiger charge is 2.32. The minimum Gasteiger partial charge on any atom is -0.302 e. The van der Waals surface area contributed by atoms with Crippen molar-refractivity contribution in [3.63, 3.8) is 0 Å². The Balaban J connectivity index is 0. The number of rotatable bonds is 14. The molecule has 0 aliphatic carbocycles. The van der Waals surface area contributed by atoms with E-state index in [0.29, 0.717) is 0 Å². The number of hydrogen-bond donors (Lipinski definition) is 1. The monoisotopic (exact) mass is 385 g/mol. The summed E-state index contributed by atoms with van der Waals surface area (Å²) >= 11 is 0. The van der Waals surface area contributed by atoms with Crippen molar-refractivity contribution in [3.05, 3.63) is 0 Å². The zero-order valence-corrected chi connectivity index (χ0v) is 18.8. The molecule has 0 heterocycles. The highest BCUT2D eigenvalue weighted by molar-refractivity contribution is 7.75. The second-order valence-electron chi connectivity index (χ2n) is 6.19. The largest absolute Gasteiger partial charge is 0.472 e. The first-order valence-electron chi connectivity index (χ1n) is 9.83. The van der Waals surface area contributed by atoms with Gasteiger partial charge in [-0.25, -0.2) is 4.57 Å². The summed E-state index contributed by atoms with van der Waals surface area (Å²) < 4.78 is 19.2. The quantitative estimate of drug-likeness (QED) is 0.343. The third-order valence-electron chi connectivity index (χ3n) is 4.21. The van der Waals surface area contributed by atoms with Crippen molar-refractivity contribution in [2.75, 3.05) is 37.9 Å². The first-order chi connectivity index (χ1) is 11.4. The first kappa shape index (κ1) is 26.8. The van der Waals surface area contributed by atoms with Crippen molar-refractivity contribution < 1.29 is 18.5 Å². The van der Waals surface area contributed by atoms with Crippen LogP contribution >= 0.6 is 15.1 Å². The molecule has 0 saturated carbocycles. The molecule has 0 aromatic carbocycles. The van der Waals surface area contributed by atoms with E-state index in [1.54, 1.807) is 32.3 Å². The van der Waals surface area contributed by atoms with E-state index in [4.69, 9.17) is 4.89 Å². The molecule has 0 saturated heterocycles. The van der Waals surface area contributed by atoms with Crippen LogP contribution in [0.3, 0.4) is 0 Å². The number of unbranched alkanes of at least 4 members (excludes halogenated alkanes) is 3. The van der Waals surface area contributed by atoms with Crippen LogP contribution in [0.5, 0.6) is 0 Å². The molecule has 1 N–H and O–H groups in total. The van der Waals surface area contributed by atoms with Crippen molar-refractivity contribution >= 4 is 15.1 Å². The van der Waals surface area contributed by atoms with Crippen molar-refractivity contribution in [1.29, 1.82) is 0 Å². The maximum Gasteiger partial charge on any atom is 0.472 e. The zero-order chi connectivity index (χ0) is 18.9. The Kier molecular flexibility index (Phi) is 18.9. The fourth-order valence-electron chi connectivity index (χ4n) is 2.65. The Morgan fingerprint density at radius 2 is 1.08 bits per heavy atom. The Morgan fingerprint density at radius 1 is 0.750 bits per heavy atom. The summed E-state index contributed by atoms with van der Waals surface area (Å²) in [6.45, 7) is 13.1. The molecule has 0 aromatic heterocycles. The lowest BCUT2D eigenvalue weighted by molar-refractivity contribution is 0.161. The van der Waals surface area contributed by atoms with Crippen LogP contribution in [-0.2, 0) is 13.6 Å². The average Bonchev–Trinajstić information content (AvgIpc) is 2.55. The molecule has 0 aliphatic rings. The molecule has 0 amide bonds. The summed E-state index contributed by atoms with van der Waals surface area (Å²) in [5.74, 6) is 0. The van der Waals surface area contributed by atoms with Gasteiger partial charge < -0.3 is 4.89 Å². The van der Waals surface area contributed by atoms with E-state index >= 15 is 0 Å². The van der Waals surface area contributed by atoms with Crippen LogP contribution in [-0.4, -0.2) is 42.8 Å². The van der Waals surface area contributed by atoms with E-state index < -0.39 is 15.1 Å². The van der Waals surface area contributed by atoms with E-state index in [2.05, 4.69) is 36.7 Å². The fourth-order valence-corrected chi connectivity index (χ4v) is 7.96. The van der Waals surface area contributed by atoms with Gasteiger partial charge in [-0.1, -0.05) is 40.0 Å². The number of phosphoric ester groups is 1. The minimum absolute atomic E-state index is 0.188. The van der Waals surface area contributed by atoms with E-state index in [0.717, 1.165) is 0 Å². The summed E-state index contributed by atoms with van der Waals surface area (Å²) in [4.78, 5) is 8.63. The van der Waals surface area contributed by atoms with Crippen molar-refractivity contribution in [2.45, 2.75) is 80.1 Å². The van der Waals surface area contributed by atoms with Crippen LogP contribution in [0.1, 0.15) is 80.1 Å². The SMILES string of the molecule is CCCC[P+](CC)(CCCC)CCCC.CCOP(=O)(O)OCC. The fraction of sp³-hybridized carbons (Fsp3) is 1.00. The summed E-state index contributed by atoms with van der Waals surface area (Å²) in [7, 11) is -4.22. The third kappa shape index (κ3) is 14.8. The van der Waals surface area contributed by atoms with E-state index in [1.165, 1.54) is 44.7 Å². The maximum atomic E-state index is 10.5. The Labute approximate surface area is 152 Å². The van der Waals surface area contributed by atoms with Crippen molar-refractivity contribution in [2.24, 2.45) is 0 Å².